The maximum Gasteiger partial charge on any atom is 0.413 e. The van der Waals surface area contributed by atoms with Gasteiger partial charge in [-0.05, 0) is 44.0 Å². The fourth-order valence-corrected chi connectivity index (χ4v) is 4.08. The lowest BCUT2D eigenvalue weighted by Crippen LogP contribution is -2.40. The van der Waals surface area contributed by atoms with Crippen LogP contribution in [0, 0.1) is 0 Å². The number of carbonyl (C=O) groups is 2. The van der Waals surface area contributed by atoms with Gasteiger partial charge in [0.1, 0.15) is 24.0 Å². The zero-order valence-electron chi connectivity index (χ0n) is 20.9. The number of nitrogens with zero attached hydrogens (tertiary/aromatic N) is 1. The second-order valence-corrected chi connectivity index (χ2v) is 9.52. The van der Waals surface area contributed by atoms with Crippen LogP contribution < -0.4 is 4.74 Å². The van der Waals surface area contributed by atoms with Crippen molar-refractivity contribution in [3.63, 3.8) is 0 Å². The second kappa shape index (κ2) is 10.8. The topological polar surface area (TPSA) is 74.3 Å². The minimum atomic E-state index is -1.06. The third-order valence-corrected chi connectivity index (χ3v) is 5.72. The fourth-order valence-electron chi connectivity index (χ4n) is 4.08. The molecule has 0 aliphatic carbocycles. The molecule has 188 valence electrons. The normalized spacial score (nSPS) is 19.6. The summed E-state index contributed by atoms with van der Waals surface area (Å²) in [4.78, 5) is 28.4. The van der Waals surface area contributed by atoms with Crippen LogP contribution in [0.5, 0.6) is 5.75 Å². The molecule has 0 N–H and O–H groups in total. The van der Waals surface area contributed by atoms with Gasteiger partial charge in [0.2, 0.25) is 0 Å². The van der Waals surface area contributed by atoms with Crippen LogP contribution in [-0.2, 0) is 25.6 Å². The first-order valence-corrected chi connectivity index (χ1v) is 11.8. The molecule has 1 heterocycles. The highest BCUT2D eigenvalue weighted by Crippen LogP contribution is 2.44. The average Bonchev–Trinajstić information content (AvgIpc) is 3.28. The van der Waals surface area contributed by atoms with Crippen LogP contribution in [0.4, 0.5) is 4.79 Å². The van der Waals surface area contributed by atoms with E-state index in [0.717, 1.165) is 11.1 Å². The molecule has 1 fully saturated rings. The Labute approximate surface area is 211 Å². The van der Waals surface area contributed by atoms with E-state index in [0.29, 0.717) is 11.3 Å². The Morgan fingerprint density at radius 3 is 2.06 bits per heavy atom. The van der Waals surface area contributed by atoms with Gasteiger partial charge < -0.3 is 18.9 Å². The summed E-state index contributed by atoms with van der Waals surface area (Å²) in [6.45, 7) is 5.49. The Balaban J connectivity index is 1.71. The van der Waals surface area contributed by atoms with Gasteiger partial charge in [0.15, 0.2) is 12.3 Å². The van der Waals surface area contributed by atoms with Crippen LogP contribution >= 0.6 is 0 Å². The van der Waals surface area contributed by atoms with Crippen LogP contribution in [0.1, 0.15) is 49.7 Å². The molecule has 7 heteroatoms. The third kappa shape index (κ3) is 5.86. The first-order valence-electron chi connectivity index (χ1n) is 11.8. The summed E-state index contributed by atoms with van der Waals surface area (Å²) in [7, 11) is 1.58. The van der Waals surface area contributed by atoms with Gasteiger partial charge in [-0.1, -0.05) is 72.8 Å². The predicted octanol–water partition coefficient (Wildman–Crippen LogP) is 5.81. The molecule has 1 unspecified atom stereocenters. The SMILES string of the molecule is COc1ccc(C2O[C@@H](C(=O)OCc3ccccc3)[C@H](c3ccccc3)N2C(=O)OC(C)(C)C)cc1. The first kappa shape index (κ1) is 25.3. The van der Waals surface area contributed by atoms with Gasteiger partial charge >= 0.3 is 12.1 Å². The summed E-state index contributed by atoms with van der Waals surface area (Å²) in [6.07, 6.45) is -2.52. The van der Waals surface area contributed by atoms with Crippen molar-refractivity contribution in [2.45, 2.75) is 51.4 Å². The van der Waals surface area contributed by atoms with E-state index in [2.05, 4.69) is 0 Å². The molecular formula is C29H31NO6. The highest BCUT2D eigenvalue weighted by atomic mass is 16.6. The molecule has 0 saturated carbocycles. The smallest absolute Gasteiger partial charge is 0.413 e. The van der Waals surface area contributed by atoms with Crippen molar-refractivity contribution < 1.29 is 28.5 Å². The highest BCUT2D eigenvalue weighted by molar-refractivity contribution is 5.79. The van der Waals surface area contributed by atoms with E-state index >= 15 is 0 Å². The number of esters is 1. The summed E-state index contributed by atoms with van der Waals surface area (Å²) in [5.41, 5.74) is 1.53. The Bertz CT molecular complexity index is 1160. The summed E-state index contributed by atoms with van der Waals surface area (Å²) < 4.78 is 23.0. The van der Waals surface area contributed by atoms with E-state index in [1.54, 1.807) is 52.1 Å². The fraction of sp³-hybridized carbons (Fsp3) is 0.310. The number of hydrogen-bond acceptors (Lipinski definition) is 6. The molecule has 7 nitrogen and oxygen atoms in total. The molecule has 1 aliphatic heterocycles. The van der Waals surface area contributed by atoms with Gasteiger partial charge in [-0.15, -0.1) is 0 Å². The molecule has 3 aromatic rings. The van der Waals surface area contributed by atoms with Gasteiger partial charge in [-0.2, -0.15) is 0 Å². The van der Waals surface area contributed by atoms with Crippen molar-refractivity contribution in [3.05, 3.63) is 102 Å². The van der Waals surface area contributed by atoms with E-state index in [-0.39, 0.29) is 6.61 Å². The zero-order chi connectivity index (χ0) is 25.7. The van der Waals surface area contributed by atoms with Gasteiger partial charge in [0.05, 0.1) is 7.11 Å². The van der Waals surface area contributed by atoms with Crippen LogP contribution in [0.2, 0.25) is 0 Å². The second-order valence-electron chi connectivity index (χ2n) is 9.52. The number of ether oxygens (including phenoxy) is 4. The minimum Gasteiger partial charge on any atom is -0.497 e. The number of methoxy groups -OCH3 is 1. The van der Waals surface area contributed by atoms with Gasteiger partial charge in [-0.25, -0.2) is 9.59 Å². The molecule has 0 aromatic heterocycles. The third-order valence-electron chi connectivity index (χ3n) is 5.72. The number of hydrogen-bond donors (Lipinski definition) is 0. The molecule has 1 saturated heterocycles. The lowest BCUT2D eigenvalue weighted by molar-refractivity contribution is -0.158. The summed E-state index contributed by atoms with van der Waals surface area (Å²) in [6, 6.07) is 25.2. The van der Waals surface area contributed by atoms with Crippen molar-refractivity contribution >= 4 is 12.1 Å². The van der Waals surface area contributed by atoms with Gasteiger partial charge in [-0.3, -0.25) is 4.90 Å². The van der Waals surface area contributed by atoms with Crippen molar-refractivity contribution in [3.8, 4) is 5.75 Å². The minimum absolute atomic E-state index is 0.0979. The largest absolute Gasteiger partial charge is 0.497 e. The van der Waals surface area contributed by atoms with Gasteiger partial charge in [0, 0.05) is 5.56 Å². The maximum atomic E-state index is 13.5. The number of amides is 1. The van der Waals surface area contributed by atoms with E-state index in [1.165, 1.54) is 4.90 Å². The number of benzene rings is 3. The Morgan fingerprint density at radius 1 is 0.861 bits per heavy atom. The predicted molar refractivity (Wildman–Crippen MR) is 134 cm³/mol. The Hall–Kier alpha value is -3.84. The monoisotopic (exact) mass is 489 g/mol. The van der Waals surface area contributed by atoms with Crippen molar-refractivity contribution in [1.82, 2.24) is 4.90 Å². The molecule has 36 heavy (non-hydrogen) atoms. The van der Waals surface area contributed by atoms with Crippen LogP contribution in [0.3, 0.4) is 0 Å². The molecular weight excluding hydrogens is 458 g/mol. The quantitative estimate of drug-likeness (QED) is 0.407. The van der Waals surface area contributed by atoms with Gasteiger partial charge in [0.25, 0.3) is 0 Å². The van der Waals surface area contributed by atoms with E-state index < -0.39 is 36.0 Å². The lowest BCUT2D eigenvalue weighted by atomic mass is 10.0. The summed E-state index contributed by atoms with van der Waals surface area (Å²) in [5, 5.41) is 0. The summed E-state index contributed by atoms with van der Waals surface area (Å²) in [5.74, 6) is 0.108. The van der Waals surface area contributed by atoms with E-state index in [1.807, 2.05) is 60.7 Å². The lowest BCUT2D eigenvalue weighted by Gasteiger charge is -2.31. The Morgan fingerprint density at radius 2 is 1.47 bits per heavy atom. The molecule has 0 spiro atoms. The van der Waals surface area contributed by atoms with Crippen molar-refractivity contribution in [1.29, 1.82) is 0 Å². The Kier molecular flexibility index (Phi) is 7.60. The number of rotatable bonds is 6. The zero-order valence-corrected chi connectivity index (χ0v) is 20.9. The molecule has 1 aliphatic rings. The van der Waals surface area contributed by atoms with Crippen molar-refractivity contribution in [2.24, 2.45) is 0 Å². The molecule has 3 aromatic carbocycles. The molecule has 1 amide bonds. The molecule has 0 bridgehead atoms. The van der Waals surface area contributed by atoms with Crippen LogP contribution in [-0.4, -0.2) is 35.8 Å². The standard InChI is InChI=1S/C29H31NO6/c1-29(2,3)36-28(32)30-24(21-13-9-6-10-14-21)25(27(31)34-19-20-11-7-5-8-12-20)35-26(30)22-15-17-23(33-4)18-16-22/h5-18,24-26H,19H2,1-4H3/t24-,25+,26?/m0/s1. The molecule has 3 atom stereocenters. The van der Waals surface area contributed by atoms with Crippen molar-refractivity contribution in [2.75, 3.05) is 7.11 Å². The highest BCUT2D eigenvalue weighted by Gasteiger charge is 2.51. The average molecular weight is 490 g/mol. The first-order chi connectivity index (χ1) is 17.3. The molecule has 0 radical (unpaired) electrons. The summed E-state index contributed by atoms with van der Waals surface area (Å²) >= 11 is 0. The van der Waals surface area contributed by atoms with E-state index in [4.69, 9.17) is 18.9 Å². The van der Waals surface area contributed by atoms with Crippen LogP contribution in [0.15, 0.2) is 84.9 Å². The number of carbonyl (C=O) groups excluding carboxylic acids is 2. The van der Waals surface area contributed by atoms with Crippen LogP contribution in [0.25, 0.3) is 0 Å². The molecule has 4 rings (SSSR count). The maximum absolute atomic E-state index is 13.5. The van der Waals surface area contributed by atoms with E-state index in [9.17, 15) is 9.59 Å².